The van der Waals surface area contributed by atoms with Gasteiger partial charge in [0.25, 0.3) is 29.1 Å². The minimum absolute atomic E-state index is 0.333. The van der Waals surface area contributed by atoms with Gasteiger partial charge >= 0.3 is 11.9 Å². The number of rotatable bonds is 15. The molecule has 1 aromatic carbocycles. The topological polar surface area (TPSA) is 302 Å². The number of nitrogens with one attached hydrogen (secondary N) is 3. The molecule has 4 rings (SSSR count). The molecule has 3 heterocycles. The van der Waals surface area contributed by atoms with Crippen molar-refractivity contribution >= 4 is 134 Å². The molecule has 0 aromatic heterocycles. The van der Waals surface area contributed by atoms with Gasteiger partial charge in [-0.1, -0.05) is 145 Å². The summed E-state index contributed by atoms with van der Waals surface area (Å²) in [6.07, 6.45) is -16.5. The van der Waals surface area contributed by atoms with E-state index in [-0.39, 0.29) is 6.61 Å². The van der Waals surface area contributed by atoms with E-state index in [0.717, 1.165) is 14.0 Å². The van der Waals surface area contributed by atoms with Crippen LogP contribution in [-0.4, -0.2) is 147 Å². The van der Waals surface area contributed by atoms with Crippen LogP contribution in [0.25, 0.3) is 20.9 Å². The maximum atomic E-state index is 14.0. The second kappa shape index (κ2) is 24.6. The largest absolute Gasteiger partial charge is 0.467 e. The van der Waals surface area contributed by atoms with Gasteiger partial charge < -0.3 is 58.6 Å². The van der Waals surface area contributed by atoms with E-state index in [2.05, 4.69) is 36.0 Å². The maximum absolute atomic E-state index is 14.0. The molecule has 1 aromatic rings. The molecular formula is C35H40Cl9N9O14. The van der Waals surface area contributed by atoms with E-state index in [4.69, 9.17) is 147 Å². The van der Waals surface area contributed by atoms with Crippen LogP contribution < -0.4 is 16.0 Å². The number of ether oxygens (including phenoxy) is 9. The highest BCUT2D eigenvalue weighted by atomic mass is 35.6. The fourth-order valence-corrected chi connectivity index (χ4v) is 7.60. The first-order valence-electron chi connectivity index (χ1n) is 19.2. The number of halogens is 9. The Bertz CT molecular complexity index is 2030. The number of esters is 2. The first-order valence-corrected chi connectivity index (χ1v) is 22.6. The number of amides is 3. The van der Waals surface area contributed by atoms with Gasteiger partial charge in [-0.2, -0.15) is 0 Å². The first-order chi connectivity index (χ1) is 31.3. The van der Waals surface area contributed by atoms with Gasteiger partial charge in [-0.15, -0.1) is 0 Å². The van der Waals surface area contributed by atoms with Crippen LogP contribution in [-0.2, 0) is 73.2 Å². The van der Waals surface area contributed by atoms with E-state index < -0.39 is 133 Å². The van der Waals surface area contributed by atoms with E-state index >= 15 is 0 Å². The normalized spacial score (nSPS) is 32.3. The van der Waals surface area contributed by atoms with Gasteiger partial charge in [0.15, 0.2) is 25.0 Å². The molecule has 0 unspecified atom stereocenters. The molecule has 3 saturated heterocycles. The van der Waals surface area contributed by atoms with Crippen molar-refractivity contribution in [2.45, 2.75) is 131 Å². The molecule has 3 N–H and O–H groups in total. The lowest BCUT2D eigenvalue weighted by Crippen LogP contribution is -2.72. The van der Waals surface area contributed by atoms with Crippen LogP contribution >= 0.6 is 104 Å². The molecule has 15 atom stereocenters. The van der Waals surface area contributed by atoms with Gasteiger partial charge in [0.05, 0.1) is 38.1 Å². The standard InChI is InChI=1S/C35H40Cl9N9O14/c1-12-17(51-53-46)22(18(27(60-5)62-12)47-30(56)33(36,37)38)65-29-20(49-32(58)35(42,43)44)23(61-11-15-9-7-6-8-10-15)24(25(67-29)26(55)59-4)66-28-19(48-31(57)34(39,40)41)21(64-14(3)54)16(50-52-45)13(2)63-28/h6-10,12-13,16-25,27-29H,11H2,1-5H3,(H,47,56)(H,48,57)(H,49,58)/t12-,13-,16+,17+,18-,19-,20-,21+,22+,23-,24-,25-,27-,28+,29-/m1/s1. The number of hydrogen-bond acceptors (Lipinski definition) is 16. The van der Waals surface area contributed by atoms with Gasteiger partial charge in [-0.25, -0.2) is 4.79 Å². The number of hydrogen-bond donors (Lipinski definition) is 3. The van der Waals surface area contributed by atoms with Crippen molar-refractivity contribution in [2.24, 2.45) is 10.2 Å². The van der Waals surface area contributed by atoms with Crippen molar-refractivity contribution in [3.63, 3.8) is 0 Å². The molecule has 0 bridgehead atoms. The van der Waals surface area contributed by atoms with Crippen molar-refractivity contribution in [3.05, 3.63) is 56.8 Å². The Morgan fingerprint density at radius 3 is 1.54 bits per heavy atom. The second-order valence-corrected chi connectivity index (χ2v) is 21.4. The van der Waals surface area contributed by atoms with E-state index in [0.29, 0.717) is 5.56 Å². The summed E-state index contributed by atoms with van der Waals surface area (Å²) in [6.45, 7) is 3.54. The summed E-state index contributed by atoms with van der Waals surface area (Å²) in [5, 5.41) is 14.8. The highest BCUT2D eigenvalue weighted by molar-refractivity contribution is 6.77. The molecule has 0 radical (unpaired) electrons. The van der Waals surface area contributed by atoms with Crippen LogP contribution in [0.3, 0.4) is 0 Å². The molecule has 32 heteroatoms. The van der Waals surface area contributed by atoms with Gasteiger partial charge in [0.1, 0.15) is 42.5 Å². The number of azide groups is 2. The summed E-state index contributed by atoms with van der Waals surface area (Å²) >= 11 is 53.7. The number of benzene rings is 1. The summed E-state index contributed by atoms with van der Waals surface area (Å²) in [6, 6.07) is 0.510. The summed E-state index contributed by atoms with van der Waals surface area (Å²) in [4.78, 5) is 72.5. The Morgan fingerprint density at radius 1 is 0.657 bits per heavy atom. The Kier molecular flexibility index (Phi) is 20.9. The summed E-state index contributed by atoms with van der Waals surface area (Å²) in [5.41, 5.74) is 19.6. The number of alkyl halides is 9. The van der Waals surface area contributed by atoms with Crippen LogP contribution in [0.15, 0.2) is 40.6 Å². The van der Waals surface area contributed by atoms with Crippen LogP contribution in [0.1, 0.15) is 26.3 Å². The lowest BCUT2D eigenvalue weighted by Gasteiger charge is -2.51. The van der Waals surface area contributed by atoms with Crippen molar-refractivity contribution in [3.8, 4) is 0 Å². The summed E-state index contributed by atoms with van der Waals surface area (Å²) in [7, 11) is 2.17. The number of nitrogens with zero attached hydrogens (tertiary/aromatic N) is 6. The predicted octanol–water partition coefficient (Wildman–Crippen LogP) is 5.23. The van der Waals surface area contributed by atoms with Crippen molar-refractivity contribution in [2.75, 3.05) is 14.2 Å². The second-order valence-electron chi connectivity index (χ2n) is 14.5. The van der Waals surface area contributed by atoms with Crippen molar-refractivity contribution < 1.29 is 66.6 Å². The van der Waals surface area contributed by atoms with E-state index in [1.54, 1.807) is 30.3 Å². The molecule has 3 fully saturated rings. The molecule has 0 aliphatic carbocycles. The first kappa shape index (κ1) is 57.1. The van der Waals surface area contributed by atoms with Gasteiger partial charge in [-0.3, -0.25) is 19.2 Å². The minimum atomic E-state index is -2.71. The lowest BCUT2D eigenvalue weighted by molar-refractivity contribution is -0.335. The Balaban J connectivity index is 1.99. The Hall–Kier alpha value is -2.48. The van der Waals surface area contributed by atoms with Crippen LogP contribution in [0.2, 0.25) is 0 Å². The van der Waals surface area contributed by atoms with Crippen LogP contribution in [0.5, 0.6) is 0 Å². The summed E-state index contributed by atoms with van der Waals surface area (Å²) < 4.78 is 46.0. The summed E-state index contributed by atoms with van der Waals surface area (Å²) in [5.74, 6) is -5.99. The zero-order valence-electron chi connectivity index (χ0n) is 35.1. The smallest absolute Gasteiger partial charge is 0.337 e. The molecular weight excluding hydrogens is 1090 g/mol. The van der Waals surface area contributed by atoms with Crippen molar-refractivity contribution in [1.29, 1.82) is 0 Å². The fourth-order valence-electron chi connectivity index (χ4n) is 7.11. The third-order valence-corrected chi connectivity index (χ3v) is 11.6. The average Bonchev–Trinajstić information content (AvgIpc) is 3.24. The quantitative estimate of drug-likeness (QED) is 0.0666. The number of carbonyl (C=O) groups excluding carboxylic acids is 5. The van der Waals surface area contributed by atoms with E-state index in [1.807, 2.05) is 0 Å². The van der Waals surface area contributed by atoms with Gasteiger partial charge in [0, 0.05) is 23.9 Å². The number of methoxy groups -OCH3 is 2. The molecule has 67 heavy (non-hydrogen) atoms. The monoisotopic (exact) mass is 1120 g/mol. The molecule has 3 aliphatic heterocycles. The highest BCUT2D eigenvalue weighted by Crippen LogP contribution is 2.38. The minimum Gasteiger partial charge on any atom is -0.467 e. The Morgan fingerprint density at radius 2 is 1.09 bits per heavy atom. The number of carbonyl (C=O) groups is 5. The lowest BCUT2D eigenvalue weighted by atomic mass is 9.92. The predicted molar refractivity (Wildman–Crippen MR) is 239 cm³/mol. The molecule has 0 spiro atoms. The van der Waals surface area contributed by atoms with E-state index in [1.165, 1.54) is 21.0 Å². The van der Waals surface area contributed by atoms with Crippen molar-refractivity contribution in [1.82, 2.24) is 16.0 Å². The van der Waals surface area contributed by atoms with Crippen LogP contribution in [0, 0.1) is 0 Å². The zero-order valence-corrected chi connectivity index (χ0v) is 41.9. The molecule has 23 nitrogen and oxygen atoms in total. The maximum Gasteiger partial charge on any atom is 0.337 e. The van der Waals surface area contributed by atoms with Gasteiger partial charge in [0.2, 0.25) is 0 Å². The third-order valence-electron chi connectivity index (χ3n) is 10.0. The SMILES string of the molecule is COC(=O)[C@@H]1O[C@@H](O[C@H]2[C@@H](N=[N+]=[N-])[C@@H](C)O[C@@H](OC)[C@@H]2NC(=O)C(Cl)(Cl)Cl)[C@H](NC(=O)C(Cl)(Cl)Cl)[C@@H](OCc2ccccc2)[C@H]1O[C@@H]1O[C@H](C)[C@H](N=[N+]=[N-])[C@H](OC(C)=O)[C@H]1NC(=O)C(Cl)(Cl)Cl. The molecule has 372 valence electrons. The molecule has 3 amide bonds. The molecule has 3 aliphatic rings. The average molecular weight is 1130 g/mol. The third kappa shape index (κ3) is 15.0. The van der Waals surface area contributed by atoms with Gasteiger partial charge in [-0.05, 0) is 30.5 Å². The van der Waals surface area contributed by atoms with E-state index in [9.17, 15) is 35.0 Å². The molecule has 0 saturated carbocycles. The fraction of sp³-hybridized carbons (Fsp3) is 0.686. The zero-order chi connectivity index (χ0) is 50.2. The van der Waals surface area contributed by atoms with Crippen LogP contribution in [0.4, 0.5) is 0 Å². The highest BCUT2D eigenvalue weighted by Gasteiger charge is 2.59. The Labute approximate surface area is 425 Å².